The average molecular weight is 255 g/mol. The molecule has 2 rings (SSSR count). The lowest BCUT2D eigenvalue weighted by Crippen LogP contribution is -2.07. The molecule has 0 bridgehead atoms. The molecule has 2 aromatic rings. The van der Waals surface area contributed by atoms with E-state index in [4.69, 9.17) is 0 Å². The molecule has 1 atom stereocenters. The Morgan fingerprint density at radius 1 is 0.944 bits per heavy atom. The van der Waals surface area contributed by atoms with Gasteiger partial charge in [-0.25, -0.2) is 0 Å². The summed E-state index contributed by atoms with van der Waals surface area (Å²) in [4.78, 5) is 10.7. The highest BCUT2D eigenvalue weighted by molar-refractivity contribution is 7.80. The molecule has 0 spiro atoms. The first-order valence-corrected chi connectivity index (χ1v) is 6.59. The van der Waals surface area contributed by atoms with Crippen LogP contribution in [0.15, 0.2) is 54.6 Å². The average Bonchev–Trinajstić information content (AvgIpc) is 2.46. The minimum atomic E-state index is -0.115. The van der Waals surface area contributed by atoms with Gasteiger partial charge in [-0.2, -0.15) is 12.6 Å². The molecule has 2 aromatic carbocycles. The topological polar surface area (TPSA) is 17.1 Å². The zero-order chi connectivity index (χ0) is 12.8. The van der Waals surface area contributed by atoms with E-state index in [0.29, 0.717) is 12.2 Å². The van der Waals surface area contributed by atoms with Crippen LogP contribution in [0.3, 0.4) is 0 Å². The summed E-state index contributed by atoms with van der Waals surface area (Å²) in [5, 5.41) is 0. The van der Waals surface area contributed by atoms with Crippen LogP contribution in [-0.4, -0.2) is 12.0 Å². The van der Waals surface area contributed by atoms with Crippen LogP contribution in [0.5, 0.6) is 0 Å². The van der Waals surface area contributed by atoms with Gasteiger partial charge in [-0.3, -0.25) is 4.79 Å². The summed E-state index contributed by atoms with van der Waals surface area (Å²) >= 11 is 4.14. The highest BCUT2D eigenvalue weighted by Gasteiger charge is 2.07. The van der Waals surface area contributed by atoms with Crippen LogP contribution in [-0.2, 0) is 11.2 Å². The highest BCUT2D eigenvalue weighted by atomic mass is 32.1. The van der Waals surface area contributed by atoms with Crippen molar-refractivity contribution >= 4 is 18.9 Å². The first-order valence-electron chi connectivity index (χ1n) is 5.96. The fourth-order valence-electron chi connectivity index (χ4n) is 1.89. The van der Waals surface area contributed by atoms with Crippen molar-refractivity contribution in [1.82, 2.24) is 0 Å². The second kappa shape index (κ2) is 6.41. The molecule has 0 fully saturated rings. The minimum absolute atomic E-state index is 0.115. The summed E-state index contributed by atoms with van der Waals surface area (Å²) in [5.41, 5.74) is 3.55. The largest absolute Gasteiger partial charge is 0.291 e. The molecule has 0 amide bonds. The standard InChI is InChI=1S/C16H15OS/c17-11-14(12-18)10-13-6-8-16(9-7-13)15-4-2-1-3-5-15/h1-9,14,18H,10,12H2. The predicted molar refractivity (Wildman–Crippen MR) is 78.6 cm³/mol. The van der Waals surface area contributed by atoms with Gasteiger partial charge in [-0.15, -0.1) is 0 Å². The van der Waals surface area contributed by atoms with E-state index in [9.17, 15) is 4.79 Å². The maximum absolute atomic E-state index is 10.7. The molecule has 0 aliphatic rings. The van der Waals surface area contributed by atoms with Gasteiger partial charge in [0.25, 0.3) is 0 Å². The monoisotopic (exact) mass is 255 g/mol. The van der Waals surface area contributed by atoms with Crippen LogP contribution in [0.4, 0.5) is 0 Å². The molecule has 2 heteroatoms. The van der Waals surface area contributed by atoms with E-state index in [-0.39, 0.29) is 5.92 Å². The molecule has 0 N–H and O–H groups in total. The number of hydrogen-bond donors (Lipinski definition) is 1. The lowest BCUT2D eigenvalue weighted by molar-refractivity contribution is 0.530. The summed E-state index contributed by atoms with van der Waals surface area (Å²) < 4.78 is 0. The molecular formula is C16H15OS. The van der Waals surface area contributed by atoms with Gasteiger partial charge in [0.15, 0.2) is 0 Å². The lowest BCUT2D eigenvalue weighted by Gasteiger charge is -2.07. The third kappa shape index (κ3) is 3.23. The van der Waals surface area contributed by atoms with Crippen LogP contribution >= 0.6 is 12.6 Å². The van der Waals surface area contributed by atoms with E-state index < -0.39 is 0 Å². The Balaban J connectivity index is 2.13. The number of carbonyl (C=O) groups excluding carboxylic acids is 1. The second-order valence-corrected chi connectivity index (χ2v) is 4.63. The van der Waals surface area contributed by atoms with Gasteiger partial charge in [0.1, 0.15) is 0 Å². The third-order valence-electron chi connectivity index (χ3n) is 2.93. The molecule has 0 heterocycles. The zero-order valence-electron chi connectivity index (χ0n) is 10.0. The summed E-state index contributed by atoms with van der Waals surface area (Å²) in [6.45, 7) is 0. The summed E-state index contributed by atoms with van der Waals surface area (Å²) in [6.07, 6.45) is 2.73. The number of rotatable bonds is 5. The van der Waals surface area contributed by atoms with Gasteiger partial charge in [0, 0.05) is 11.7 Å². The van der Waals surface area contributed by atoms with Crippen molar-refractivity contribution in [2.24, 2.45) is 5.92 Å². The van der Waals surface area contributed by atoms with Crippen molar-refractivity contribution in [3.05, 3.63) is 60.2 Å². The Morgan fingerprint density at radius 2 is 1.56 bits per heavy atom. The van der Waals surface area contributed by atoms with Crippen LogP contribution in [0, 0.1) is 5.92 Å². The van der Waals surface area contributed by atoms with Crippen molar-refractivity contribution in [3.63, 3.8) is 0 Å². The van der Waals surface area contributed by atoms with Crippen molar-refractivity contribution in [2.75, 3.05) is 5.75 Å². The molecule has 1 nitrogen and oxygen atoms in total. The molecule has 0 aliphatic carbocycles. The molecular weight excluding hydrogens is 240 g/mol. The normalized spacial score (nSPS) is 12.1. The number of benzene rings is 2. The molecule has 0 aliphatic heterocycles. The minimum Gasteiger partial charge on any atom is -0.291 e. The number of thiol groups is 1. The van der Waals surface area contributed by atoms with Crippen molar-refractivity contribution < 1.29 is 4.79 Å². The molecule has 1 radical (unpaired) electrons. The molecule has 1 unspecified atom stereocenters. The Hall–Kier alpha value is -1.54. The van der Waals surface area contributed by atoms with Crippen molar-refractivity contribution in [2.45, 2.75) is 6.42 Å². The molecule has 0 saturated carbocycles. The Bertz CT molecular complexity index is 490. The van der Waals surface area contributed by atoms with Crippen LogP contribution in [0.1, 0.15) is 5.56 Å². The second-order valence-electron chi connectivity index (χ2n) is 4.26. The van der Waals surface area contributed by atoms with Gasteiger partial charge < -0.3 is 0 Å². The quantitative estimate of drug-likeness (QED) is 0.809. The van der Waals surface area contributed by atoms with E-state index in [0.717, 1.165) is 5.56 Å². The maximum atomic E-state index is 10.7. The van der Waals surface area contributed by atoms with Crippen LogP contribution in [0.25, 0.3) is 11.1 Å². The Labute approximate surface area is 113 Å². The van der Waals surface area contributed by atoms with E-state index in [1.54, 1.807) is 0 Å². The Morgan fingerprint density at radius 3 is 2.11 bits per heavy atom. The van der Waals surface area contributed by atoms with E-state index in [1.807, 2.05) is 24.5 Å². The molecule has 91 valence electrons. The van der Waals surface area contributed by atoms with Crippen LogP contribution < -0.4 is 0 Å². The fraction of sp³-hybridized carbons (Fsp3) is 0.188. The predicted octanol–water partition coefficient (Wildman–Crippen LogP) is 3.55. The first kappa shape index (κ1) is 12.9. The van der Waals surface area contributed by atoms with E-state index >= 15 is 0 Å². The van der Waals surface area contributed by atoms with Crippen molar-refractivity contribution in [3.8, 4) is 11.1 Å². The fourth-order valence-corrected chi connectivity index (χ4v) is 2.10. The zero-order valence-corrected chi connectivity index (χ0v) is 10.9. The molecule has 18 heavy (non-hydrogen) atoms. The van der Waals surface area contributed by atoms with E-state index in [1.165, 1.54) is 11.1 Å². The van der Waals surface area contributed by atoms with Gasteiger partial charge in [-0.1, -0.05) is 54.6 Å². The van der Waals surface area contributed by atoms with Crippen LogP contribution in [0.2, 0.25) is 0 Å². The summed E-state index contributed by atoms with van der Waals surface area (Å²) in [6, 6.07) is 18.6. The highest BCUT2D eigenvalue weighted by Crippen LogP contribution is 2.20. The molecule has 0 saturated heterocycles. The van der Waals surface area contributed by atoms with Gasteiger partial charge in [0.2, 0.25) is 6.29 Å². The van der Waals surface area contributed by atoms with Crippen molar-refractivity contribution in [1.29, 1.82) is 0 Å². The molecule has 0 aromatic heterocycles. The Kier molecular flexibility index (Phi) is 4.59. The van der Waals surface area contributed by atoms with Gasteiger partial charge >= 0.3 is 0 Å². The van der Waals surface area contributed by atoms with E-state index in [2.05, 4.69) is 49.0 Å². The maximum Gasteiger partial charge on any atom is 0.202 e. The SMILES string of the molecule is O=[C]C(CS)Cc1ccc(-c2ccccc2)cc1. The number of hydrogen-bond acceptors (Lipinski definition) is 2. The smallest absolute Gasteiger partial charge is 0.202 e. The first-order chi connectivity index (χ1) is 8.83. The lowest BCUT2D eigenvalue weighted by atomic mass is 9.99. The third-order valence-corrected chi connectivity index (χ3v) is 3.37. The van der Waals surface area contributed by atoms with Gasteiger partial charge in [0.05, 0.1) is 0 Å². The summed E-state index contributed by atoms with van der Waals surface area (Å²) in [5.74, 6) is 0.431. The summed E-state index contributed by atoms with van der Waals surface area (Å²) in [7, 11) is 0. The van der Waals surface area contributed by atoms with Gasteiger partial charge in [-0.05, 0) is 23.1 Å².